The number of aromatic hydroxyl groups is 1. The van der Waals surface area contributed by atoms with Gasteiger partial charge in [-0.1, -0.05) is 11.6 Å². The molecule has 6 nitrogen and oxygen atoms in total. The molecule has 0 unspecified atom stereocenters. The molecule has 0 saturated carbocycles. The van der Waals surface area contributed by atoms with Gasteiger partial charge in [-0.05, 0) is 25.1 Å². The summed E-state index contributed by atoms with van der Waals surface area (Å²) >= 11 is 5.80. The molecule has 0 saturated heterocycles. The normalized spacial score (nSPS) is 10.5. The lowest BCUT2D eigenvalue weighted by Crippen LogP contribution is -2.15. The van der Waals surface area contributed by atoms with Crippen molar-refractivity contribution in [2.45, 2.75) is 6.92 Å². The third-order valence-corrected chi connectivity index (χ3v) is 2.94. The lowest BCUT2D eigenvalue weighted by Gasteiger charge is -2.08. The molecule has 2 rings (SSSR count). The Labute approximate surface area is 114 Å². The number of phenols is 1. The summed E-state index contributed by atoms with van der Waals surface area (Å²) in [5, 5.41) is 16.7. The zero-order valence-electron chi connectivity index (χ0n) is 10.4. The molecule has 1 aromatic carbocycles. The lowest BCUT2D eigenvalue weighted by molar-refractivity contribution is 0.102. The van der Waals surface area contributed by atoms with E-state index in [0.717, 1.165) is 0 Å². The topological polar surface area (TPSA) is 93.2 Å². The fourth-order valence-corrected chi connectivity index (χ4v) is 1.86. The van der Waals surface area contributed by atoms with Gasteiger partial charge in [0.2, 0.25) is 0 Å². The molecule has 1 amide bonds. The first-order valence-electron chi connectivity index (χ1n) is 5.49. The highest BCUT2D eigenvalue weighted by molar-refractivity contribution is 6.31. The number of amides is 1. The number of anilines is 2. The molecular formula is C12H13ClN4O2. The van der Waals surface area contributed by atoms with Crippen LogP contribution >= 0.6 is 11.6 Å². The second-order valence-corrected chi connectivity index (χ2v) is 4.52. The van der Waals surface area contributed by atoms with Crippen LogP contribution in [0.5, 0.6) is 5.75 Å². The Bertz CT molecular complexity index is 651. The van der Waals surface area contributed by atoms with Crippen molar-refractivity contribution in [1.29, 1.82) is 0 Å². The molecule has 0 fully saturated rings. The number of rotatable bonds is 2. The number of nitrogens with two attached hydrogens (primary N) is 1. The lowest BCUT2D eigenvalue weighted by atomic mass is 10.2. The Morgan fingerprint density at radius 3 is 2.79 bits per heavy atom. The van der Waals surface area contributed by atoms with E-state index in [2.05, 4.69) is 10.4 Å². The van der Waals surface area contributed by atoms with Gasteiger partial charge < -0.3 is 16.2 Å². The maximum Gasteiger partial charge on any atom is 0.260 e. The van der Waals surface area contributed by atoms with Crippen LogP contribution in [0.3, 0.4) is 0 Å². The average molecular weight is 281 g/mol. The van der Waals surface area contributed by atoms with Gasteiger partial charge in [-0.3, -0.25) is 9.48 Å². The quantitative estimate of drug-likeness (QED) is 0.783. The van der Waals surface area contributed by atoms with Crippen molar-refractivity contribution < 1.29 is 9.90 Å². The molecule has 0 aliphatic carbocycles. The van der Waals surface area contributed by atoms with Crippen LogP contribution in [0.1, 0.15) is 16.1 Å². The first kappa shape index (κ1) is 13.2. The number of carbonyl (C=O) groups is 1. The van der Waals surface area contributed by atoms with Crippen molar-refractivity contribution in [1.82, 2.24) is 9.78 Å². The summed E-state index contributed by atoms with van der Waals surface area (Å²) in [6.45, 7) is 1.74. The summed E-state index contributed by atoms with van der Waals surface area (Å²) in [5.41, 5.74) is 6.89. The highest BCUT2D eigenvalue weighted by Gasteiger charge is 2.17. The van der Waals surface area contributed by atoms with Crippen LogP contribution in [0, 0.1) is 6.92 Å². The Morgan fingerprint density at radius 1 is 1.53 bits per heavy atom. The maximum absolute atomic E-state index is 12.1. The van der Waals surface area contributed by atoms with Gasteiger partial charge in [-0.15, -0.1) is 0 Å². The summed E-state index contributed by atoms with van der Waals surface area (Å²) in [6, 6.07) is 4.23. The van der Waals surface area contributed by atoms with Gasteiger partial charge in [0, 0.05) is 12.1 Å². The van der Waals surface area contributed by atoms with Gasteiger partial charge in [-0.25, -0.2) is 0 Å². The molecule has 0 atom stereocenters. The monoisotopic (exact) mass is 280 g/mol. The molecule has 7 heteroatoms. The first-order chi connectivity index (χ1) is 8.90. The second kappa shape index (κ2) is 4.81. The largest absolute Gasteiger partial charge is 0.507 e. The van der Waals surface area contributed by atoms with Crippen LogP contribution in [-0.2, 0) is 7.05 Å². The van der Waals surface area contributed by atoms with E-state index in [1.165, 1.54) is 22.9 Å². The molecule has 0 aliphatic heterocycles. The predicted octanol–water partition coefficient (Wildman–Crippen LogP) is 1.92. The highest BCUT2D eigenvalue weighted by atomic mass is 35.5. The highest BCUT2D eigenvalue weighted by Crippen LogP contribution is 2.25. The molecule has 0 spiro atoms. The van der Waals surface area contributed by atoms with Crippen molar-refractivity contribution in [3.63, 3.8) is 0 Å². The SMILES string of the molecule is Cc1nn(C)c(NC(=O)c2cc(Cl)ccc2O)c1N. The second-order valence-electron chi connectivity index (χ2n) is 4.09. The van der Waals surface area contributed by atoms with Crippen molar-refractivity contribution in [2.24, 2.45) is 7.05 Å². The summed E-state index contributed by atoms with van der Waals surface area (Å²) in [4.78, 5) is 12.1. The van der Waals surface area contributed by atoms with E-state index in [9.17, 15) is 9.90 Å². The van der Waals surface area contributed by atoms with Crippen molar-refractivity contribution in [2.75, 3.05) is 11.1 Å². The van der Waals surface area contributed by atoms with E-state index < -0.39 is 5.91 Å². The summed E-state index contributed by atoms with van der Waals surface area (Å²) in [7, 11) is 1.66. The number of halogens is 1. The number of hydrogen-bond acceptors (Lipinski definition) is 4. The molecule has 4 N–H and O–H groups in total. The molecule has 0 bridgehead atoms. The van der Waals surface area contributed by atoms with E-state index in [1.54, 1.807) is 14.0 Å². The van der Waals surface area contributed by atoms with Crippen LogP contribution in [0.2, 0.25) is 5.02 Å². The Morgan fingerprint density at radius 2 is 2.21 bits per heavy atom. The van der Waals surface area contributed by atoms with E-state index in [1.807, 2.05) is 0 Å². The number of aryl methyl sites for hydroxylation is 2. The van der Waals surface area contributed by atoms with E-state index in [-0.39, 0.29) is 11.3 Å². The number of carbonyl (C=O) groups excluding carboxylic acids is 1. The van der Waals surface area contributed by atoms with Crippen LogP contribution in [-0.4, -0.2) is 20.8 Å². The fourth-order valence-electron chi connectivity index (χ4n) is 1.69. The van der Waals surface area contributed by atoms with Crippen LogP contribution < -0.4 is 11.1 Å². The number of phenolic OH excluding ortho intramolecular Hbond substituents is 1. The van der Waals surface area contributed by atoms with Crippen molar-refractivity contribution in [3.8, 4) is 5.75 Å². The number of nitrogens with one attached hydrogen (secondary N) is 1. The molecule has 1 aromatic heterocycles. The summed E-state index contributed by atoms with van der Waals surface area (Å²) in [5.74, 6) is -0.282. The minimum Gasteiger partial charge on any atom is -0.507 e. The zero-order valence-corrected chi connectivity index (χ0v) is 11.2. The molecule has 0 radical (unpaired) electrons. The smallest absolute Gasteiger partial charge is 0.260 e. The Balaban J connectivity index is 2.33. The first-order valence-corrected chi connectivity index (χ1v) is 5.87. The Kier molecular flexibility index (Phi) is 3.35. The standard InChI is InChI=1S/C12H13ClN4O2/c1-6-10(14)11(17(2)16-6)15-12(19)8-5-7(13)3-4-9(8)18/h3-5,18H,14H2,1-2H3,(H,15,19). The summed E-state index contributed by atoms with van der Waals surface area (Å²) < 4.78 is 1.46. The average Bonchev–Trinajstić information content (AvgIpc) is 2.59. The minimum absolute atomic E-state index is 0.0748. The number of nitrogens with zero attached hydrogens (tertiary/aromatic N) is 2. The van der Waals surface area contributed by atoms with Crippen LogP contribution in [0.25, 0.3) is 0 Å². The van der Waals surface area contributed by atoms with Crippen molar-refractivity contribution in [3.05, 3.63) is 34.5 Å². The molecule has 2 aromatic rings. The molecule has 19 heavy (non-hydrogen) atoms. The van der Waals surface area contributed by atoms with Gasteiger partial charge in [0.25, 0.3) is 5.91 Å². The minimum atomic E-state index is -0.505. The van der Waals surface area contributed by atoms with Gasteiger partial charge >= 0.3 is 0 Å². The van der Waals surface area contributed by atoms with Crippen LogP contribution in [0.4, 0.5) is 11.5 Å². The van der Waals surface area contributed by atoms with Gasteiger partial charge in [0.1, 0.15) is 5.75 Å². The van der Waals surface area contributed by atoms with Crippen LogP contribution in [0.15, 0.2) is 18.2 Å². The number of nitrogen functional groups attached to an aromatic ring is 1. The third kappa shape index (κ3) is 2.48. The van der Waals surface area contributed by atoms with Gasteiger partial charge in [0.15, 0.2) is 5.82 Å². The van der Waals surface area contributed by atoms with Crippen molar-refractivity contribution >= 4 is 29.0 Å². The number of hydrogen-bond donors (Lipinski definition) is 3. The van der Waals surface area contributed by atoms with Gasteiger partial charge in [-0.2, -0.15) is 5.10 Å². The number of aromatic nitrogens is 2. The van der Waals surface area contributed by atoms with E-state index >= 15 is 0 Å². The van der Waals surface area contributed by atoms with Gasteiger partial charge in [0.05, 0.1) is 16.9 Å². The molecule has 0 aliphatic rings. The molecule has 1 heterocycles. The van der Waals surface area contributed by atoms with E-state index in [4.69, 9.17) is 17.3 Å². The molecular weight excluding hydrogens is 268 g/mol. The predicted molar refractivity (Wildman–Crippen MR) is 73.4 cm³/mol. The Hall–Kier alpha value is -2.21. The number of benzene rings is 1. The van der Waals surface area contributed by atoms with E-state index in [0.29, 0.717) is 22.2 Å². The third-order valence-electron chi connectivity index (χ3n) is 2.70. The maximum atomic E-state index is 12.1. The summed E-state index contributed by atoms with van der Waals surface area (Å²) in [6.07, 6.45) is 0. The molecule has 100 valence electrons. The fraction of sp³-hybridized carbons (Fsp3) is 0.167. The zero-order chi connectivity index (χ0) is 14.2.